The predicted molar refractivity (Wildman–Crippen MR) is 88.5 cm³/mol. The fraction of sp³-hybridized carbons (Fsp3) is 0.211. The summed E-state index contributed by atoms with van der Waals surface area (Å²) in [4.78, 5) is 4.82. The van der Waals surface area contributed by atoms with Crippen LogP contribution in [-0.4, -0.2) is 9.55 Å². The smallest absolute Gasteiger partial charge is 0.113 e. The fourth-order valence-electron chi connectivity index (χ4n) is 3.04. The predicted octanol–water partition coefficient (Wildman–Crippen LogP) is 4.65. The van der Waals surface area contributed by atoms with Gasteiger partial charge in [0.1, 0.15) is 5.82 Å². The van der Waals surface area contributed by atoms with Crippen LogP contribution in [0.15, 0.2) is 67.3 Å². The van der Waals surface area contributed by atoms with Crippen molar-refractivity contribution in [2.75, 3.05) is 0 Å². The molecule has 21 heavy (non-hydrogen) atoms. The Morgan fingerprint density at radius 3 is 2.38 bits per heavy atom. The monoisotopic (exact) mass is 276 g/mol. The molecule has 3 aromatic rings. The van der Waals surface area contributed by atoms with Gasteiger partial charge in [-0.05, 0) is 17.7 Å². The van der Waals surface area contributed by atoms with Crippen LogP contribution >= 0.6 is 0 Å². The number of hydrogen-bond donors (Lipinski definition) is 0. The van der Waals surface area contributed by atoms with E-state index in [4.69, 9.17) is 4.98 Å². The number of rotatable bonds is 4. The van der Waals surface area contributed by atoms with Crippen LogP contribution in [0, 0.1) is 0 Å². The Bertz CT molecular complexity index is 756. The lowest BCUT2D eigenvalue weighted by atomic mass is 9.87. The molecular weight excluding hydrogens is 256 g/mol. The largest absolute Gasteiger partial charge is 0.331 e. The van der Waals surface area contributed by atoms with E-state index >= 15 is 0 Å². The summed E-state index contributed by atoms with van der Waals surface area (Å²) in [6.07, 6.45) is 2.03. The summed E-state index contributed by atoms with van der Waals surface area (Å²) in [5.41, 5.74) is 3.51. The van der Waals surface area contributed by atoms with E-state index in [2.05, 4.69) is 67.6 Å². The van der Waals surface area contributed by atoms with Crippen molar-refractivity contribution in [3.05, 3.63) is 78.6 Å². The Morgan fingerprint density at radius 2 is 1.71 bits per heavy atom. The number of para-hydroxylation sites is 2. The van der Waals surface area contributed by atoms with E-state index in [0.717, 1.165) is 11.3 Å². The summed E-state index contributed by atoms with van der Waals surface area (Å²) in [7, 11) is 2.09. The average Bonchev–Trinajstić information content (AvgIpc) is 2.87. The zero-order chi connectivity index (χ0) is 14.8. The molecule has 0 aliphatic carbocycles. The lowest BCUT2D eigenvalue weighted by Crippen LogP contribution is -2.11. The number of fused-ring (bicyclic) bond motifs is 1. The first kappa shape index (κ1) is 13.6. The fourth-order valence-corrected chi connectivity index (χ4v) is 3.04. The number of hydrogen-bond acceptors (Lipinski definition) is 1. The van der Waals surface area contributed by atoms with Crippen molar-refractivity contribution in [2.45, 2.75) is 18.8 Å². The molecule has 0 saturated carbocycles. The number of benzene rings is 2. The molecule has 106 valence electrons. The van der Waals surface area contributed by atoms with Gasteiger partial charge in [0.2, 0.25) is 0 Å². The third-order valence-corrected chi connectivity index (χ3v) is 4.21. The van der Waals surface area contributed by atoms with Gasteiger partial charge in [0.05, 0.1) is 11.0 Å². The minimum atomic E-state index is 0.265. The first-order chi connectivity index (χ1) is 10.2. The maximum atomic E-state index is 4.82. The number of imidazole rings is 1. The first-order valence-electron chi connectivity index (χ1n) is 7.31. The van der Waals surface area contributed by atoms with Crippen molar-refractivity contribution >= 4 is 11.0 Å². The molecule has 1 heterocycles. The second-order valence-corrected chi connectivity index (χ2v) is 5.48. The van der Waals surface area contributed by atoms with E-state index in [0.29, 0.717) is 0 Å². The van der Waals surface area contributed by atoms with Crippen molar-refractivity contribution < 1.29 is 0 Å². The Morgan fingerprint density at radius 1 is 1.05 bits per heavy atom. The molecule has 2 aromatic carbocycles. The second kappa shape index (κ2) is 5.57. The van der Waals surface area contributed by atoms with Crippen molar-refractivity contribution in [3.8, 4) is 0 Å². The molecule has 2 atom stereocenters. The van der Waals surface area contributed by atoms with E-state index in [1.807, 2.05) is 18.2 Å². The summed E-state index contributed by atoms with van der Waals surface area (Å²) in [5.74, 6) is 1.65. The van der Waals surface area contributed by atoms with Gasteiger partial charge in [-0.3, -0.25) is 0 Å². The quantitative estimate of drug-likeness (QED) is 0.634. The third-order valence-electron chi connectivity index (χ3n) is 4.21. The maximum absolute atomic E-state index is 4.82. The van der Waals surface area contributed by atoms with E-state index in [9.17, 15) is 0 Å². The summed E-state index contributed by atoms with van der Waals surface area (Å²) < 4.78 is 2.19. The van der Waals surface area contributed by atoms with E-state index in [1.54, 1.807) is 0 Å². The number of aryl methyl sites for hydroxylation is 1. The SMILES string of the molecule is C=CC(c1ccccc1)C(C)c1nc2ccccc2n1C. The molecule has 0 saturated heterocycles. The van der Waals surface area contributed by atoms with Gasteiger partial charge in [-0.2, -0.15) is 0 Å². The van der Waals surface area contributed by atoms with E-state index in [1.165, 1.54) is 11.1 Å². The van der Waals surface area contributed by atoms with Crippen LogP contribution in [0.1, 0.15) is 30.1 Å². The Balaban J connectivity index is 2.05. The van der Waals surface area contributed by atoms with Crippen LogP contribution in [0.3, 0.4) is 0 Å². The lowest BCUT2D eigenvalue weighted by Gasteiger charge is -2.21. The maximum Gasteiger partial charge on any atom is 0.113 e. The summed E-state index contributed by atoms with van der Waals surface area (Å²) in [5, 5.41) is 0. The van der Waals surface area contributed by atoms with Gasteiger partial charge in [-0.15, -0.1) is 6.58 Å². The molecule has 0 aliphatic heterocycles. The Hall–Kier alpha value is -2.35. The summed E-state index contributed by atoms with van der Waals surface area (Å²) in [6.45, 7) is 6.25. The van der Waals surface area contributed by atoms with Gasteiger partial charge in [-0.1, -0.05) is 55.5 Å². The van der Waals surface area contributed by atoms with Crippen LogP contribution in [0.5, 0.6) is 0 Å². The highest BCUT2D eigenvalue weighted by Gasteiger charge is 2.22. The number of nitrogens with zero attached hydrogens (tertiary/aromatic N) is 2. The second-order valence-electron chi connectivity index (χ2n) is 5.48. The molecule has 2 unspecified atom stereocenters. The highest BCUT2D eigenvalue weighted by Crippen LogP contribution is 2.34. The zero-order valence-corrected chi connectivity index (χ0v) is 12.5. The van der Waals surface area contributed by atoms with Crippen molar-refractivity contribution in [1.29, 1.82) is 0 Å². The molecule has 0 spiro atoms. The highest BCUT2D eigenvalue weighted by molar-refractivity contribution is 5.75. The van der Waals surface area contributed by atoms with Gasteiger partial charge >= 0.3 is 0 Å². The normalized spacial score (nSPS) is 14.0. The van der Waals surface area contributed by atoms with Crippen LogP contribution < -0.4 is 0 Å². The molecule has 1 aromatic heterocycles. The van der Waals surface area contributed by atoms with E-state index in [-0.39, 0.29) is 11.8 Å². The van der Waals surface area contributed by atoms with E-state index < -0.39 is 0 Å². The number of allylic oxidation sites excluding steroid dienone is 1. The number of aromatic nitrogens is 2. The van der Waals surface area contributed by atoms with Gasteiger partial charge in [-0.25, -0.2) is 4.98 Å². The van der Waals surface area contributed by atoms with Crippen LogP contribution in [0.4, 0.5) is 0 Å². The standard InChI is InChI=1S/C19H20N2/c1-4-16(15-10-6-5-7-11-15)14(2)19-20-17-12-8-9-13-18(17)21(19)3/h4-14,16H,1H2,2-3H3. The van der Waals surface area contributed by atoms with Crippen LogP contribution in [0.2, 0.25) is 0 Å². The summed E-state index contributed by atoms with van der Waals surface area (Å²) >= 11 is 0. The first-order valence-corrected chi connectivity index (χ1v) is 7.31. The molecule has 2 heteroatoms. The van der Waals surface area contributed by atoms with Crippen LogP contribution in [-0.2, 0) is 7.05 Å². The molecule has 0 aliphatic rings. The van der Waals surface area contributed by atoms with Crippen molar-refractivity contribution in [1.82, 2.24) is 9.55 Å². The molecular formula is C19H20N2. The van der Waals surface area contributed by atoms with Gasteiger partial charge in [0.25, 0.3) is 0 Å². The molecule has 0 N–H and O–H groups in total. The third kappa shape index (κ3) is 2.38. The Kier molecular flexibility index (Phi) is 3.61. The summed E-state index contributed by atoms with van der Waals surface area (Å²) in [6, 6.07) is 18.8. The average molecular weight is 276 g/mol. The van der Waals surface area contributed by atoms with Crippen LogP contribution in [0.25, 0.3) is 11.0 Å². The topological polar surface area (TPSA) is 17.8 Å². The minimum Gasteiger partial charge on any atom is -0.331 e. The molecule has 2 nitrogen and oxygen atoms in total. The Labute approximate surface area is 125 Å². The molecule has 0 fully saturated rings. The minimum absolute atomic E-state index is 0.265. The highest BCUT2D eigenvalue weighted by atomic mass is 15.1. The van der Waals surface area contributed by atoms with Gasteiger partial charge < -0.3 is 4.57 Å². The lowest BCUT2D eigenvalue weighted by molar-refractivity contribution is 0.611. The zero-order valence-electron chi connectivity index (χ0n) is 12.5. The van der Waals surface area contributed by atoms with Crippen molar-refractivity contribution in [3.63, 3.8) is 0 Å². The molecule has 3 rings (SSSR count). The van der Waals surface area contributed by atoms with Gasteiger partial charge in [0.15, 0.2) is 0 Å². The molecule has 0 amide bonds. The van der Waals surface area contributed by atoms with Gasteiger partial charge in [0, 0.05) is 18.9 Å². The molecule has 0 bridgehead atoms. The van der Waals surface area contributed by atoms with Crippen molar-refractivity contribution in [2.24, 2.45) is 7.05 Å². The molecule has 0 radical (unpaired) electrons.